The van der Waals surface area contributed by atoms with Crippen molar-refractivity contribution in [3.05, 3.63) is 30.1 Å². The summed E-state index contributed by atoms with van der Waals surface area (Å²) in [4.78, 5) is 23.6. The maximum absolute atomic E-state index is 12.2. The van der Waals surface area contributed by atoms with E-state index < -0.39 is 12.0 Å². The Hall–Kier alpha value is -2.11. The van der Waals surface area contributed by atoms with E-state index in [0.717, 1.165) is 25.7 Å². The molecular weight excluding hydrogens is 258 g/mol. The van der Waals surface area contributed by atoms with Gasteiger partial charge in [-0.25, -0.2) is 4.79 Å². The normalized spacial score (nSPS) is 17.4. The average Bonchev–Trinajstić information content (AvgIpc) is 2.68. The number of amides is 1. The number of rotatable bonds is 4. The first kappa shape index (κ1) is 14.3. The number of allylic oxidation sites excluding steroid dienone is 2. The third-order valence-electron chi connectivity index (χ3n) is 3.59. The van der Waals surface area contributed by atoms with Crippen molar-refractivity contribution >= 4 is 11.9 Å². The van der Waals surface area contributed by atoms with E-state index in [-0.39, 0.29) is 11.8 Å². The van der Waals surface area contributed by atoms with Gasteiger partial charge >= 0.3 is 5.97 Å². The highest BCUT2D eigenvalue weighted by atomic mass is 16.4. The molecule has 0 aromatic carbocycles. The Balaban J connectivity index is 2.07. The minimum atomic E-state index is -1.08. The highest BCUT2D eigenvalue weighted by molar-refractivity contribution is 5.85. The van der Waals surface area contributed by atoms with Crippen molar-refractivity contribution in [2.75, 3.05) is 0 Å². The topological polar surface area (TPSA) is 84.2 Å². The summed E-state index contributed by atoms with van der Waals surface area (Å²) in [5.41, 5.74) is 0.470. The molecule has 1 unspecified atom stereocenters. The van der Waals surface area contributed by atoms with Crippen LogP contribution in [0.25, 0.3) is 0 Å². The van der Waals surface area contributed by atoms with Crippen molar-refractivity contribution in [1.82, 2.24) is 15.1 Å². The molecule has 1 atom stereocenters. The van der Waals surface area contributed by atoms with Crippen molar-refractivity contribution in [2.45, 2.75) is 31.7 Å². The zero-order valence-electron chi connectivity index (χ0n) is 11.5. The van der Waals surface area contributed by atoms with Crippen LogP contribution >= 0.6 is 0 Å². The second-order valence-corrected chi connectivity index (χ2v) is 4.98. The van der Waals surface area contributed by atoms with Crippen LogP contribution in [-0.4, -0.2) is 26.8 Å². The third kappa shape index (κ3) is 3.26. The van der Waals surface area contributed by atoms with Gasteiger partial charge in [-0.15, -0.1) is 0 Å². The molecule has 20 heavy (non-hydrogen) atoms. The molecule has 1 aromatic rings. The lowest BCUT2D eigenvalue weighted by atomic mass is 9.98. The number of carbonyl (C=O) groups is 2. The second kappa shape index (κ2) is 6.36. The Bertz CT molecular complexity index is 511. The molecule has 2 N–H and O–H groups in total. The molecule has 1 amide bonds. The summed E-state index contributed by atoms with van der Waals surface area (Å²) in [7, 11) is 1.66. The van der Waals surface area contributed by atoms with Gasteiger partial charge in [0.1, 0.15) is 0 Å². The van der Waals surface area contributed by atoms with Gasteiger partial charge in [0.2, 0.25) is 5.91 Å². The number of aryl methyl sites for hydroxylation is 1. The van der Waals surface area contributed by atoms with Crippen LogP contribution in [0.4, 0.5) is 0 Å². The van der Waals surface area contributed by atoms with E-state index in [1.165, 1.54) is 10.9 Å². The molecule has 2 rings (SSSR count). The number of nitrogens with one attached hydrogen (secondary N) is 1. The minimum Gasteiger partial charge on any atom is -0.479 e. The van der Waals surface area contributed by atoms with Crippen molar-refractivity contribution < 1.29 is 14.7 Å². The van der Waals surface area contributed by atoms with E-state index in [2.05, 4.69) is 22.6 Å². The van der Waals surface area contributed by atoms with E-state index in [1.54, 1.807) is 13.1 Å². The molecule has 1 aliphatic carbocycles. The standard InChI is InChI=1S/C14H19N3O3/c1-17-11(8-9-15-17)12(14(19)20)16-13(18)10-6-4-2-3-5-7-10/h2-3,8-10,12H,4-7H2,1H3,(H,16,18)(H,19,20). The minimum absolute atomic E-state index is 0.125. The van der Waals surface area contributed by atoms with Gasteiger partial charge < -0.3 is 10.4 Å². The molecule has 0 bridgehead atoms. The number of carboxylic acid groups (broad SMARTS) is 1. The van der Waals surface area contributed by atoms with E-state index in [1.807, 2.05) is 0 Å². The van der Waals surface area contributed by atoms with Crippen molar-refractivity contribution in [3.63, 3.8) is 0 Å². The molecule has 0 saturated heterocycles. The summed E-state index contributed by atoms with van der Waals surface area (Å²) in [6, 6.07) is 0.555. The van der Waals surface area contributed by atoms with Crippen LogP contribution in [0.5, 0.6) is 0 Å². The lowest BCUT2D eigenvalue weighted by molar-refractivity contribution is -0.143. The van der Waals surface area contributed by atoms with Gasteiger partial charge in [0.15, 0.2) is 6.04 Å². The zero-order valence-corrected chi connectivity index (χ0v) is 11.5. The zero-order chi connectivity index (χ0) is 14.5. The molecule has 1 aliphatic rings. The first-order valence-electron chi connectivity index (χ1n) is 6.75. The lowest BCUT2D eigenvalue weighted by Gasteiger charge is -2.19. The predicted molar refractivity (Wildman–Crippen MR) is 72.8 cm³/mol. The SMILES string of the molecule is Cn1nccc1C(NC(=O)C1CCC=CCC1)C(=O)O. The van der Waals surface area contributed by atoms with Crippen LogP contribution in [-0.2, 0) is 16.6 Å². The van der Waals surface area contributed by atoms with Crippen LogP contribution < -0.4 is 5.32 Å². The highest BCUT2D eigenvalue weighted by Gasteiger charge is 2.28. The Morgan fingerprint density at radius 2 is 2.05 bits per heavy atom. The molecule has 1 heterocycles. The Labute approximate surface area is 117 Å². The fourth-order valence-electron chi connectivity index (χ4n) is 2.43. The molecule has 0 saturated carbocycles. The van der Waals surface area contributed by atoms with Gasteiger partial charge in [0.05, 0.1) is 5.69 Å². The van der Waals surface area contributed by atoms with Gasteiger partial charge in [-0.1, -0.05) is 12.2 Å². The molecule has 0 radical (unpaired) electrons. The third-order valence-corrected chi connectivity index (χ3v) is 3.59. The van der Waals surface area contributed by atoms with Gasteiger partial charge in [0, 0.05) is 19.2 Å². The lowest BCUT2D eigenvalue weighted by Crippen LogP contribution is -2.38. The summed E-state index contributed by atoms with van der Waals surface area (Å²) in [6.45, 7) is 0. The Morgan fingerprint density at radius 3 is 2.55 bits per heavy atom. The fraction of sp³-hybridized carbons (Fsp3) is 0.500. The molecule has 0 spiro atoms. The highest BCUT2D eigenvalue weighted by Crippen LogP contribution is 2.20. The molecule has 0 fully saturated rings. The van der Waals surface area contributed by atoms with Crippen LogP contribution in [0.15, 0.2) is 24.4 Å². The molecule has 0 aliphatic heterocycles. The number of carboxylic acids is 1. The van der Waals surface area contributed by atoms with E-state index in [4.69, 9.17) is 0 Å². The van der Waals surface area contributed by atoms with Crippen molar-refractivity contribution in [3.8, 4) is 0 Å². The monoisotopic (exact) mass is 277 g/mol. The summed E-state index contributed by atoms with van der Waals surface area (Å²) < 4.78 is 1.47. The van der Waals surface area contributed by atoms with E-state index in [0.29, 0.717) is 5.69 Å². The number of aliphatic carboxylic acids is 1. The molecular formula is C14H19N3O3. The van der Waals surface area contributed by atoms with Gasteiger partial charge in [0.25, 0.3) is 0 Å². The van der Waals surface area contributed by atoms with Crippen LogP contribution in [0.3, 0.4) is 0 Å². The quantitative estimate of drug-likeness (QED) is 0.815. The van der Waals surface area contributed by atoms with Crippen LogP contribution in [0.1, 0.15) is 37.4 Å². The number of aromatic nitrogens is 2. The molecule has 108 valence electrons. The van der Waals surface area contributed by atoms with E-state index >= 15 is 0 Å². The van der Waals surface area contributed by atoms with Gasteiger partial charge in [-0.3, -0.25) is 9.48 Å². The first-order chi connectivity index (χ1) is 9.59. The summed E-state index contributed by atoms with van der Waals surface area (Å²) in [5, 5.41) is 15.9. The van der Waals surface area contributed by atoms with Gasteiger partial charge in [-0.2, -0.15) is 5.10 Å². The smallest absolute Gasteiger partial charge is 0.332 e. The van der Waals surface area contributed by atoms with Crippen LogP contribution in [0, 0.1) is 5.92 Å². The van der Waals surface area contributed by atoms with Gasteiger partial charge in [-0.05, 0) is 31.7 Å². The van der Waals surface area contributed by atoms with E-state index in [9.17, 15) is 14.7 Å². The maximum atomic E-state index is 12.2. The Kier molecular flexibility index (Phi) is 4.55. The Morgan fingerprint density at radius 1 is 1.40 bits per heavy atom. The average molecular weight is 277 g/mol. The predicted octanol–water partition coefficient (Wildman–Crippen LogP) is 1.41. The summed E-state index contributed by atoms with van der Waals surface area (Å²) in [5.74, 6) is -1.39. The summed E-state index contributed by atoms with van der Waals surface area (Å²) in [6.07, 6.45) is 8.92. The molecule has 6 heteroatoms. The maximum Gasteiger partial charge on any atom is 0.332 e. The molecule has 6 nitrogen and oxygen atoms in total. The number of nitrogens with zero attached hydrogens (tertiary/aromatic N) is 2. The molecule has 1 aromatic heterocycles. The number of carbonyl (C=O) groups excluding carboxylic acids is 1. The van der Waals surface area contributed by atoms with Crippen molar-refractivity contribution in [2.24, 2.45) is 13.0 Å². The second-order valence-electron chi connectivity index (χ2n) is 4.98. The summed E-state index contributed by atoms with van der Waals surface area (Å²) >= 11 is 0. The largest absolute Gasteiger partial charge is 0.479 e. The number of hydrogen-bond acceptors (Lipinski definition) is 3. The van der Waals surface area contributed by atoms with Crippen LogP contribution in [0.2, 0.25) is 0 Å². The van der Waals surface area contributed by atoms with Crippen molar-refractivity contribution in [1.29, 1.82) is 0 Å². The first-order valence-corrected chi connectivity index (χ1v) is 6.75. The number of hydrogen-bond donors (Lipinski definition) is 2. The fourth-order valence-corrected chi connectivity index (χ4v) is 2.43.